The van der Waals surface area contributed by atoms with Crippen molar-refractivity contribution in [2.45, 2.75) is 33.1 Å². The zero-order valence-electron chi connectivity index (χ0n) is 11.1. The Morgan fingerprint density at radius 2 is 2.11 bits per heavy atom. The van der Waals surface area contributed by atoms with Crippen LogP contribution in [0.25, 0.3) is 0 Å². The lowest BCUT2D eigenvalue weighted by atomic mass is 10.0. The predicted molar refractivity (Wildman–Crippen MR) is 70.1 cm³/mol. The normalized spacial score (nSPS) is 20.6. The summed E-state index contributed by atoms with van der Waals surface area (Å²) in [4.78, 5) is 14.1. The van der Waals surface area contributed by atoms with Gasteiger partial charge in [0.05, 0.1) is 5.56 Å². The Balaban J connectivity index is 2.18. The second-order valence-electron chi connectivity index (χ2n) is 5.26. The van der Waals surface area contributed by atoms with Crippen LogP contribution < -0.4 is 0 Å². The summed E-state index contributed by atoms with van der Waals surface area (Å²) in [5.74, 6) is 0.121. The maximum absolute atomic E-state index is 13.9. The summed E-state index contributed by atoms with van der Waals surface area (Å²) >= 11 is 0. The standard InChI is InChI=1S/C15H20FNO/c1-11-5-4-9-17(10-8-11)15(18)13-7-3-6-12(2)14(13)16/h3,6-7,11H,4-5,8-10H2,1-2H3. The van der Waals surface area contributed by atoms with E-state index in [9.17, 15) is 9.18 Å². The molecule has 2 nitrogen and oxygen atoms in total. The summed E-state index contributed by atoms with van der Waals surface area (Å²) in [5.41, 5.74) is 0.744. The van der Waals surface area contributed by atoms with E-state index in [1.165, 1.54) is 0 Å². The van der Waals surface area contributed by atoms with Crippen LogP contribution in [0, 0.1) is 18.7 Å². The molecule has 1 saturated heterocycles. The second-order valence-corrected chi connectivity index (χ2v) is 5.26. The fraction of sp³-hybridized carbons (Fsp3) is 0.533. The molecule has 1 fully saturated rings. The summed E-state index contributed by atoms with van der Waals surface area (Å²) in [6.07, 6.45) is 3.18. The van der Waals surface area contributed by atoms with E-state index in [1.807, 2.05) is 0 Å². The highest BCUT2D eigenvalue weighted by molar-refractivity contribution is 5.94. The molecule has 0 saturated carbocycles. The average molecular weight is 249 g/mol. The summed E-state index contributed by atoms with van der Waals surface area (Å²) in [7, 11) is 0. The number of halogens is 1. The Hall–Kier alpha value is -1.38. The lowest BCUT2D eigenvalue weighted by molar-refractivity contribution is 0.0755. The Morgan fingerprint density at radius 1 is 1.33 bits per heavy atom. The van der Waals surface area contributed by atoms with E-state index >= 15 is 0 Å². The first-order valence-electron chi connectivity index (χ1n) is 6.64. The minimum atomic E-state index is -0.375. The minimum absolute atomic E-state index is 0.162. The van der Waals surface area contributed by atoms with Crippen molar-refractivity contribution in [3.05, 3.63) is 35.1 Å². The molecule has 0 aromatic heterocycles. The van der Waals surface area contributed by atoms with Gasteiger partial charge in [0.2, 0.25) is 0 Å². The van der Waals surface area contributed by atoms with E-state index in [1.54, 1.807) is 30.0 Å². The molecule has 18 heavy (non-hydrogen) atoms. The molecule has 1 atom stereocenters. The first kappa shape index (κ1) is 13.1. The van der Waals surface area contributed by atoms with Crippen LogP contribution in [-0.4, -0.2) is 23.9 Å². The molecular formula is C15H20FNO. The van der Waals surface area contributed by atoms with Crippen LogP contribution in [0.1, 0.15) is 42.1 Å². The van der Waals surface area contributed by atoms with Gasteiger partial charge in [0.15, 0.2) is 0 Å². The van der Waals surface area contributed by atoms with Crippen molar-refractivity contribution in [2.24, 2.45) is 5.92 Å². The van der Waals surface area contributed by atoms with Crippen LogP contribution in [0.15, 0.2) is 18.2 Å². The van der Waals surface area contributed by atoms with E-state index in [4.69, 9.17) is 0 Å². The molecule has 0 radical (unpaired) electrons. The SMILES string of the molecule is Cc1cccc(C(=O)N2CCCC(C)CC2)c1F. The third-order valence-electron chi connectivity index (χ3n) is 3.73. The van der Waals surface area contributed by atoms with Gasteiger partial charge in [0.1, 0.15) is 5.82 Å². The highest BCUT2D eigenvalue weighted by atomic mass is 19.1. The van der Waals surface area contributed by atoms with Gasteiger partial charge >= 0.3 is 0 Å². The van der Waals surface area contributed by atoms with Crippen molar-refractivity contribution in [1.29, 1.82) is 0 Å². The molecule has 0 bridgehead atoms. The topological polar surface area (TPSA) is 20.3 Å². The maximum atomic E-state index is 13.9. The van der Waals surface area contributed by atoms with E-state index in [2.05, 4.69) is 6.92 Å². The number of likely N-dealkylation sites (tertiary alicyclic amines) is 1. The molecule has 98 valence electrons. The van der Waals surface area contributed by atoms with E-state index in [0.29, 0.717) is 11.5 Å². The Bertz CT molecular complexity index is 444. The second kappa shape index (κ2) is 5.51. The van der Waals surface area contributed by atoms with Crippen molar-refractivity contribution in [3.8, 4) is 0 Å². The molecule has 0 spiro atoms. The monoisotopic (exact) mass is 249 g/mol. The summed E-state index contributed by atoms with van der Waals surface area (Å²) < 4.78 is 13.9. The van der Waals surface area contributed by atoms with Crippen molar-refractivity contribution < 1.29 is 9.18 Å². The Morgan fingerprint density at radius 3 is 2.89 bits per heavy atom. The van der Waals surface area contributed by atoms with Gasteiger partial charge in [-0.25, -0.2) is 4.39 Å². The number of nitrogens with zero attached hydrogens (tertiary/aromatic N) is 1. The van der Waals surface area contributed by atoms with E-state index < -0.39 is 0 Å². The molecule has 1 aromatic carbocycles. The number of carbonyl (C=O) groups is 1. The van der Waals surface area contributed by atoms with Crippen molar-refractivity contribution in [2.75, 3.05) is 13.1 Å². The van der Waals surface area contributed by atoms with Crippen LogP contribution >= 0.6 is 0 Å². The quantitative estimate of drug-likeness (QED) is 0.747. The molecule has 0 aliphatic carbocycles. The van der Waals surface area contributed by atoms with Crippen molar-refractivity contribution >= 4 is 5.91 Å². The van der Waals surface area contributed by atoms with Gasteiger partial charge in [-0.2, -0.15) is 0 Å². The van der Waals surface area contributed by atoms with Gasteiger partial charge in [-0.15, -0.1) is 0 Å². The predicted octanol–water partition coefficient (Wildman–Crippen LogP) is 3.40. The summed E-state index contributed by atoms with van der Waals surface area (Å²) in [5, 5.41) is 0. The smallest absolute Gasteiger partial charge is 0.256 e. The molecule has 1 amide bonds. The van der Waals surface area contributed by atoms with Gasteiger partial charge in [0, 0.05) is 13.1 Å². The van der Waals surface area contributed by atoms with Crippen LogP contribution in [0.2, 0.25) is 0 Å². The van der Waals surface area contributed by atoms with Gasteiger partial charge in [-0.05, 0) is 43.7 Å². The molecule has 1 aliphatic rings. The van der Waals surface area contributed by atoms with Crippen molar-refractivity contribution in [1.82, 2.24) is 4.90 Å². The molecule has 2 rings (SSSR count). The summed E-state index contributed by atoms with van der Waals surface area (Å²) in [6, 6.07) is 5.02. The number of rotatable bonds is 1. The third-order valence-corrected chi connectivity index (χ3v) is 3.73. The van der Waals surface area contributed by atoms with Crippen LogP contribution in [0.4, 0.5) is 4.39 Å². The van der Waals surface area contributed by atoms with Crippen LogP contribution in [0.5, 0.6) is 0 Å². The number of aryl methyl sites for hydroxylation is 1. The van der Waals surface area contributed by atoms with Crippen LogP contribution in [0.3, 0.4) is 0 Å². The fourth-order valence-electron chi connectivity index (χ4n) is 2.45. The molecule has 1 unspecified atom stereocenters. The van der Waals surface area contributed by atoms with E-state index in [-0.39, 0.29) is 17.3 Å². The lowest BCUT2D eigenvalue weighted by Crippen LogP contribution is -2.32. The largest absolute Gasteiger partial charge is 0.339 e. The highest BCUT2D eigenvalue weighted by Crippen LogP contribution is 2.20. The van der Waals surface area contributed by atoms with Crippen LogP contribution in [-0.2, 0) is 0 Å². The maximum Gasteiger partial charge on any atom is 0.256 e. The first-order valence-corrected chi connectivity index (χ1v) is 6.64. The molecule has 3 heteroatoms. The van der Waals surface area contributed by atoms with Gasteiger partial charge in [0.25, 0.3) is 5.91 Å². The van der Waals surface area contributed by atoms with E-state index in [0.717, 1.165) is 32.4 Å². The lowest BCUT2D eigenvalue weighted by Gasteiger charge is -2.21. The van der Waals surface area contributed by atoms with Gasteiger partial charge < -0.3 is 4.90 Å². The summed E-state index contributed by atoms with van der Waals surface area (Å²) in [6.45, 7) is 5.39. The Kier molecular flexibility index (Phi) is 4.00. The number of benzene rings is 1. The van der Waals surface area contributed by atoms with Gasteiger partial charge in [-0.3, -0.25) is 4.79 Å². The molecule has 1 aliphatic heterocycles. The zero-order valence-corrected chi connectivity index (χ0v) is 11.1. The Labute approximate surface area is 108 Å². The third kappa shape index (κ3) is 2.71. The first-order chi connectivity index (χ1) is 8.59. The zero-order chi connectivity index (χ0) is 13.1. The molecule has 1 aromatic rings. The number of hydrogen-bond acceptors (Lipinski definition) is 1. The number of hydrogen-bond donors (Lipinski definition) is 0. The fourth-order valence-corrected chi connectivity index (χ4v) is 2.45. The van der Waals surface area contributed by atoms with Gasteiger partial charge in [-0.1, -0.05) is 19.1 Å². The number of amides is 1. The minimum Gasteiger partial charge on any atom is -0.339 e. The van der Waals surface area contributed by atoms with Crippen molar-refractivity contribution in [3.63, 3.8) is 0 Å². The molecule has 1 heterocycles. The highest BCUT2D eigenvalue weighted by Gasteiger charge is 2.22. The number of carbonyl (C=O) groups excluding carboxylic acids is 1. The molecular weight excluding hydrogens is 229 g/mol. The molecule has 0 N–H and O–H groups in total. The average Bonchev–Trinajstić information content (AvgIpc) is 2.57.